The zero-order valence-corrected chi connectivity index (χ0v) is 3.97. The first-order valence-corrected chi connectivity index (χ1v) is 1.92. The topological polar surface area (TPSA) is 30.5 Å². The molecular formula is C4H6NO2. The molecule has 0 aliphatic carbocycles. The van der Waals surface area contributed by atoms with Crippen molar-refractivity contribution in [2.75, 3.05) is 7.11 Å². The zero-order valence-electron chi connectivity index (χ0n) is 3.97. The van der Waals surface area contributed by atoms with Crippen LogP contribution >= 0.6 is 0 Å². The van der Waals surface area contributed by atoms with Gasteiger partial charge in [-0.3, -0.25) is 0 Å². The van der Waals surface area contributed by atoms with Crippen molar-refractivity contribution in [3.05, 3.63) is 18.9 Å². The molecule has 1 rings (SSSR count). The molecule has 0 spiro atoms. The molecule has 0 unspecified atom stereocenters. The van der Waals surface area contributed by atoms with E-state index < -0.39 is 0 Å². The minimum absolute atomic E-state index is 0.500. The van der Waals surface area contributed by atoms with Gasteiger partial charge in [0.05, 0.1) is 13.3 Å². The van der Waals surface area contributed by atoms with E-state index in [1.165, 1.54) is 6.73 Å². The Hall–Kier alpha value is -0.860. The van der Waals surface area contributed by atoms with Crippen molar-refractivity contribution >= 4 is 0 Å². The molecule has 0 amide bonds. The van der Waals surface area contributed by atoms with Crippen LogP contribution in [0, 0.1) is 6.73 Å². The molecule has 1 N–H and O–H groups in total. The lowest BCUT2D eigenvalue weighted by atomic mass is 10.9. The Morgan fingerprint density at radius 1 is 1.86 bits per heavy atom. The van der Waals surface area contributed by atoms with Gasteiger partial charge < -0.3 is 14.8 Å². The molecule has 0 saturated carbocycles. The molecule has 3 heteroatoms. The first-order valence-electron chi connectivity index (χ1n) is 1.92. The molecule has 1 heterocycles. The van der Waals surface area contributed by atoms with Crippen LogP contribution in [0.5, 0.6) is 0 Å². The summed E-state index contributed by atoms with van der Waals surface area (Å²) >= 11 is 0. The molecule has 0 saturated heterocycles. The minimum Gasteiger partial charge on any atom is -0.468 e. The van der Waals surface area contributed by atoms with Gasteiger partial charge in [0.15, 0.2) is 0 Å². The smallest absolute Gasteiger partial charge is 0.297 e. The van der Waals surface area contributed by atoms with E-state index in [0.717, 1.165) is 0 Å². The monoisotopic (exact) mass is 100 g/mol. The van der Waals surface area contributed by atoms with Crippen molar-refractivity contribution < 1.29 is 9.47 Å². The third-order valence-corrected chi connectivity index (χ3v) is 0.645. The van der Waals surface area contributed by atoms with Crippen LogP contribution < -0.4 is 5.32 Å². The van der Waals surface area contributed by atoms with E-state index in [1.54, 1.807) is 13.3 Å². The number of rotatable bonds is 1. The Labute approximate surface area is 41.9 Å². The average Bonchev–Trinajstić information content (AvgIpc) is 2.14. The van der Waals surface area contributed by atoms with Crippen LogP contribution in [0.2, 0.25) is 0 Å². The normalized spacial score (nSPS) is 17.0. The van der Waals surface area contributed by atoms with Crippen molar-refractivity contribution in [3.63, 3.8) is 0 Å². The van der Waals surface area contributed by atoms with Crippen LogP contribution in [0.4, 0.5) is 0 Å². The summed E-state index contributed by atoms with van der Waals surface area (Å²) in [6, 6.07) is 0. The van der Waals surface area contributed by atoms with Crippen molar-refractivity contribution in [2.45, 2.75) is 0 Å². The molecule has 0 fully saturated rings. The first kappa shape index (κ1) is 4.30. The van der Waals surface area contributed by atoms with Crippen LogP contribution in [0.1, 0.15) is 0 Å². The molecule has 1 aliphatic rings. The summed E-state index contributed by atoms with van der Waals surface area (Å²) in [5, 5.41) is 2.69. The van der Waals surface area contributed by atoms with E-state index in [9.17, 15) is 0 Å². The van der Waals surface area contributed by atoms with Crippen LogP contribution in [-0.2, 0) is 9.47 Å². The highest BCUT2D eigenvalue weighted by molar-refractivity contribution is 4.89. The molecule has 7 heavy (non-hydrogen) atoms. The Kier molecular flexibility index (Phi) is 1.06. The van der Waals surface area contributed by atoms with Crippen LogP contribution in [-0.4, -0.2) is 7.11 Å². The highest BCUT2D eigenvalue weighted by Gasteiger charge is 2.01. The molecule has 0 aromatic heterocycles. The predicted octanol–water partition coefficient (Wildman–Crippen LogP) is 0.171. The zero-order chi connectivity index (χ0) is 5.11. The fourth-order valence-corrected chi connectivity index (χ4v) is 0.335. The summed E-state index contributed by atoms with van der Waals surface area (Å²) < 4.78 is 9.36. The van der Waals surface area contributed by atoms with Crippen LogP contribution in [0.3, 0.4) is 0 Å². The number of methoxy groups -OCH3 is 1. The number of hydrogen-bond acceptors (Lipinski definition) is 3. The SMILES string of the molecule is COC1=CN[CH]O1. The first-order chi connectivity index (χ1) is 3.43. The van der Waals surface area contributed by atoms with E-state index >= 15 is 0 Å². The van der Waals surface area contributed by atoms with Crippen molar-refractivity contribution in [2.24, 2.45) is 0 Å². The van der Waals surface area contributed by atoms with Gasteiger partial charge in [-0.15, -0.1) is 0 Å². The maximum Gasteiger partial charge on any atom is 0.297 e. The molecule has 0 aromatic rings. The number of ether oxygens (including phenoxy) is 2. The van der Waals surface area contributed by atoms with Crippen LogP contribution in [0.15, 0.2) is 12.1 Å². The van der Waals surface area contributed by atoms with Crippen molar-refractivity contribution in [3.8, 4) is 0 Å². The van der Waals surface area contributed by atoms with Gasteiger partial charge in [0, 0.05) is 0 Å². The predicted molar refractivity (Wildman–Crippen MR) is 23.6 cm³/mol. The summed E-state index contributed by atoms with van der Waals surface area (Å²) in [5.74, 6) is 0.500. The van der Waals surface area contributed by atoms with E-state index in [0.29, 0.717) is 5.95 Å². The van der Waals surface area contributed by atoms with Gasteiger partial charge in [-0.25, -0.2) is 0 Å². The Bertz CT molecular complexity index is 89.7. The lowest BCUT2D eigenvalue weighted by molar-refractivity contribution is 0.110. The quantitative estimate of drug-likeness (QED) is 0.509. The van der Waals surface area contributed by atoms with Crippen molar-refractivity contribution in [1.29, 1.82) is 0 Å². The second kappa shape index (κ2) is 1.73. The fraction of sp³-hybridized carbons (Fsp3) is 0.250. The van der Waals surface area contributed by atoms with Gasteiger partial charge in [-0.05, 0) is 0 Å². The largest absolute Gasteiger partial charge is 0.468 e. The van der Waals surface area contributed by atoms with Crippen LogP contribution in [0.25, 0.3) is 0 Å². The van der Waals surface area contributed by atoms with Gasteiger partial charge >= 0.3 is 0 Å². The lowest BCUT2D eigenvalue weighted by Crippen LogP contribution is -1.90. The van der Waals surface area contributed by atoms with Gasteiger partial charge in [-0.2, -0.15) is 0 Å². The standard InChI is InChI=1S/C4H6NO2/c1-6-4-2-5-3-7-4/h2-3,5H,1H3. The second-order valence-corrected chi connectivity index (χ2v) is 1.07. The van der Waals surface area contributed by atoms with E-state index in [-0.39, 0.29) is 0 Å². The maximum atomic E-state index is 4.70. The Morgan fingerprint density at radius 3 is 3.00 bits per heavy atom. The number of hydrogen-bond donors (Lipinski definition) is 1. The maximum absolute atomic E-state index is 4.70. The third-order valence-electron chi connectivity index (χ3n) is 0.645. The second-order valence-electron chi connectivity index (χ2n) is 1.07. The molecular weight excluding hydrogens is 94.0 g/mol. The van der Waals surface area contributed by atoms with E-state index in [2.05, 4.69) is 10.1 Å². The molecule has 3 nitrogen and oxygen atoms in total. The Balaban J connectivity index is 2.36. The summed E-state index contributed by atoms with van der Waals surface area (Å²) in [5.41, 5.74) is 0. The summed E-state index contributed by atoms with van der Waals surface area (Å²) in [6.07, 6.45) is 1.62. The summed E-state index contributed by atoms with van der Waals surface area (Å²) in [4.78, 5) is 0. The van der Waals surface area contributed by atoms with Gasteiger partial charge in [0.1, 0.15) is 0 Å². The fourth-order valence-electron chi connectivity index (χ4n) is 0.335. The molecule has 1 radical (unpaired) electrons. The van der Waals surface area contributed by atoms with Gasteiger partial charge in [0.2, 0.25) is 6.73 Å². The molecule has 1 aliphatic heterocycles. The number of nitrogens with one attached hydrogen (secondary N) is 1. The molecule has 0 atom stereocenters. The van der Waals surface area contributed by atoms with Gasteiger partial charge in [-0.1, -0.05) is 0 Å². The van der Waals surface area contributed by atoms with Crippen molar-refractivity contribution in [1.82, 2.24) is 5.32 Å². The highest BCUT2D eigenvalue weighted by Crippen LogP contribution is 2.02. The highest BCUT2D eigenvalue weighted by atomic mass is 16.7. The summed E-state index contributed by atoms with van der Waals surface area (Å²) in [7, 11) is 1.55. The molecule has 0 bridgehead atoms. The minimum atomic E-state index is 0.500. The summed E-state index contributed by atoms with van der Waals surface area (Å²) in [6.45, 7) is 1.44. The Morgan fingerprint density at radius 2 is 2.71 bits per heavy atom. The van der Waals surface area contributed by atoms with E-state index in [4.69, 9.17) is 4.74 Å². The third kappa shape index (κ3) is 0.765. The van der Waals surface area contributed by atoms with Gasteiger partial charge in [0.25, 0.3) is 5.95 Å². The lowest BCUT2D eigenvalue weighted by Gasteiger charge is -1.94. The van der Waals surface area contributed by atoms with E-state index in [1.807, 2.05) is 0 Å². The average molecular weight is 100 g/mol. The molecule has 0 aromatic carbocycles. The molecule has 39 valence electrons.